The molecular weight excluding hydrogens is 438 g/mol. The SMILES string of the molecule is CCNC(=NCc1ccccc1OC(F)(F)F)NCC(C)CO.I. The third kappa shape index (κ3) is 9.16. The quantitative estimate of drug-likeness (QED) is 0.332. The summed E-state index contributed by atoms with van der Waals surface area (Å²) in [6.45, 7) is 4.93. The van der Waals surface area contributed by atoms with E-state index >= 15 is 0 Å². The Morgan fingerprint density at radius 3 is 2.54 bits per heavy atom. The van der Waals surface area contributed by atoms with Gasteiger partial charge in [0.2, 0.25) is 0 Å². The highest BCUT2D eigenvalue weighted by molar-refractivity contribution is 14.0. The van der Waals surface area contributed by atoms with Gasteiger partial charge >= 0.3 is 6.36 Å². The van der Waals surface area contributed by atoms with Gasteiger partial charge in [0.15, 0.2) is 5.96 Å². The first-order chi connectivity index (χ1) is 10.9. The van der Waals surface area contributed by atoms with E-state index in [1.165, 1.54) is 18.2 Å². The molecule has 0 radical (unpaired) electrons. The van der Waals surface area contributed by atoms with Crippen LogP contribution in [-0.2, 0) is 6.54 Å². The van der Waals surface area contributed by atoms with E-state index in [4.69, 9.17) is 5.11 Å². The average Bonchev–Trinajstić information content (AvgIpc) is 2.49. The van der Waals surface area contributed by atoms with Gasteiger partial charge in [-0.3, -0.25) is 0 Å². The van der Waals surface area contributed by atoms with E-state index in [1.807, 2.05) is 13.8 Å². The highest BCUT2D eigenvalue weighted by Crippen LogP contribution is 2.26. The number of nitrogens with one attached hydrogen (secondary N) is 2. The zero-order valence-electron chi connectivity index (χ0n) is 13.6. The van der Waals surface area contributed by atoms with Crippen LogP contribution < -0.4 is 15.4 Å². The topological polar surface area (TPSA) is 65.9 Å². The predicted molar refractivity (Wildman–Crippen MR) is 97.6 cm³/mol. The predicted octanol–water partition coefficient (Wildman–Crippen LogP) is 2.89. The summed E-state index contributed by atoms with van der Waals surface area (Å²) in [5.74, 6) is 0.248. The van der Waals surface area contributed by atoms with Crippen LogP contribution in [0.25, 0.3) is 0 Å². The second-order valence-electron chi connectivity index (χ2n) is 5.02. The van der Waals surface area contributed by atoms with Crippen molar-refractivity contribution in [1.82, 2.24) is 10.6 Å². The van der Waals surface area contributed by atoms with E-state index in [1.54, 1.807) is 6.07 Å². The zero-order valence-corrected chi connectivity index (χ0v) is 15.9. The molecule has 138 valence electrons. The summed E-state index contributed by atoms with van der Waals surface area (Å²) in [5.41, 5.74) is 0.331. The van der Waals surface area contributed by atoms with Crippen LogP contribution in [0.4, 0.5) is 13.2 Å². The van der Waals surface area contributed by atoms with Gasteiger partial charge in [0, 0.05) is 25.3 Å². The fourth-order valence-corrected chi connectivity index (χ4v) is 1.70. The Balaban J connectivity index is 0.00000529. The lowest BCUT2D eigenvalue weighted by Crippen LogP contribution is -2.39. The molecule has 0 bridgehead atoms. The van der Waals surface area contributed by atoms with Gasteiger partial charge in [0.1, 0.15) is 5.75 Å². The lowest BCUT2D eigenvalue weighted by Gasteiger charge is -2.15. The molecule has 3 N–H and O–H groups in total. The van der Waals surface area contributed by atoms with Crippen molar-refractivity contribution in [1.29, 1.82) is 0 Å². The summed E-state index contributed by atoms with van der Waals surface area (Å²) in [7, 11) is 0. The van der Waals surface area contributed by atoms with Gasteiger partial charge in [0.05, 0.1) is 6.54 Å². The molecule has 0 aliphatic carbocycles. The minimum Gasteiger partial charge on any atom is -0.405 e. The van der Waals surface area contributed by atoms with Crippen molar-refractivity contribution in [3.05, 3.63) is 29.8 Å². The van der Waals surface area contributed by atoms with E-state index in [9.17, 15) is 13.2 Å². The van der Waals surface area contributed by atoms with Crippen LogP contribution in [0, 0.1) is 5.92 Å². The summed E-state index contributed by atoms with van der Waals surface area (Å²) >= 11 is 0. The Bertz CT molecular complexity index is 513. The summed E-state index contributed by atoms with van der Waals surface area (Å²) in [4.78, 5) is 4.25. The third-order valence-corrected chi connectivity index (χ3v) is 2.88. The van der Waals surface area contributed by atoms with Gasteiger partial charge in [-0.25, -0.2) is 4.99 Å². The number of hydrogen-bond acceptors (Lipinski definition) is 3. The normalized spacial score (nSPS) is 13.0. The zero-order chi connectivity index (χ0) is 17.3. The molecule has 0 heterocycles. The Labute approximate surface area is 156 Å². The molecule has 0 spiro atoms. The van der Waals surface area contributed by atoms with Crippen molar-refractivity contribution >= 4 is 29.9 Å². The number of para-hydroxylation sites is 1. The highest BCUT2D eigenvalue weighted by Gasteiger charge is 2.31. The van der Waals surface area contributed by atoms with Crippen molar-refractivity contribution in [3.63, 3.8) is 0 Å². The molecular formula is C15H23F3IN3O2. The third-order valence-electron chi connectivity index (χ3n) is 2.88. The molecule has 1 rings (SSSR count). The van der Waals surface area contributed by atoms with Crippen molar-refractivity contribution in [2.24, 2.45) is 10.9 Å². The monoisotopic (exact) mass is 461 g/mol. The number of alkyl halides is 3. The fourth-order valence-electron chi connectivity index (χ4n) is 1.70. The van der Waals surface area contributed by atoms with Crippen LogP contribution in [0.3, 0.4) is 0 Å². The minimum atomic E-state index is -4.74. The largest absolute Gasteiger partial charge is 0.573 e. The van der Waals surface area contributed by atoms with Gasteiger partial charge in [0.25, 0.3) is 0 Å². The first-order valence-electron chi connectivity index (χ1n) is 7.32. The molecule has 0 saturated carbocycles. The van der Waals surface area contributed by atoms with Crippen LogP contribution in [-0.4, -0.2) is 37.1 Å². The number of nitrogens with zero attached hydrogens (tertiary/aromatic N) is 1. The van der Waals surface area contributed by atoms with Crippen LogP contribution >= 0.6 is 24.0 Å². The number of halogens is 4. The van der Waals surface area contributed by atoms with Crippen LogP contribution in [0.1, 0.15) is 19.4 Å². The second-order valence-corrected chi connectivity index (χ2v) is 5.02. The number of hydrogen-bond donors (Lipinski definition) is 3. The first-order valence-corrected chi connectivity index (χ1v) is 7.32. The van der Waals surface area contributed by atoms with Crippen molar-refractivity contribution in [2.45, 2.75) is 26.8 Å². The van der Waals surface area contributed by atoms with E-state index in [2.05, 4.69) is 20.4 Å². The average molecular weight is 461 g/mol. The first kappa shape index (κ1) is 22.8. The summed E-state index contributed by atoms with van der Waals surface area (Å²) in [5, 5.41) is 15.0. The van der Waals surface area contributed by atoms with E-state index in [-0.39, 0.29) is 48.8 Å². The Morgan fingerprint density at radius 1 is 1.29 bits per heavy atom. The number of ether oxygens (including phenoxy) is 1. The van der Waals surface area contributed by atoms with Crippen LogP contribution in [0.2, 0.25) is 0 Å². The van der Waals surface area contributed by atoms with E-state index < -0.39 is 6.36 Å². The molecule has 0 fully saturated rings. The molecule has 0 aliphatic rings. The molecule has 0 aromatic heterocycles. The van der Waals surface area contributed by atoms with Crippen molar-refractivity contribution < 1.29 is 23.0 Å². The van der Waals surface area contributed by atoms with Gasteiger partial charge < -0.3 is 20.5 Å². The number of benzene rings is 1. The maximum absolute atomic E-state index is 12.4. The lowest BCUT2D eigenvalue weighted by molar-refractivity contribution is -0.274. The summed E-state index contributed by atoms with van der Waals surface area (Å²) in [6.07, 6.45) is -4.74. The molecule has 1 atom stereocenters. The van der Waals surface area contributed by atoms with Crippen molar-refractivity contribution in [2.75, 3.05) is 19.7 Å². The van der Waals surface area contributed by atoms with E-state index in [0.29, 0.717) is 24.6 Å². The van der Waals surface area contributed by atoms with Crippen molar-refractivity contribution in [3.8, 4) is 5.75 Å². The van der Waals surface area contributed by atoms with Gasteiger partial charge in [-0.2, -0.15) is 0 Å². The maximum atomic E-state index is 12.4. The standard InChI is InChI=1S/C15H22F3N3O2.HI/c1-3-19-14(20-8-11(2)10-22)21-9-12-6-4-5-7-13(12)23-15(16,17)18;/h4-7,11,22H,3,8-10H2,1-2H3,(H2,19,20,21);1H. The van der Waals surface area contributed by atoms with Gasteiger partial charge in [-0.05, 0) is 18.9 Å². The molecule has 0 aliphatic heterocycles. The smallest absolute Gasteiger partial charge is 0.405 e. The van der Waals surface area contributed by atoms with Crippen LogP contribution in [0.15, 0.2) is 29.3 Å². The number of aliphatic imine (C=N–C) groups is 1. The number of guanidine groups is 1. The molecule has 5 nitrogen and oxygen atoms in total. The Kier molecular flexibility index (Phi) is 10.8. The Morgan fingerprint density at radius 2 is 1.96 bits per heavy atom. The van der Waals surface area contributed by atoms with E-state index in [0.717, 1.165) is 0 Å². The van der Waals surface area contributed by atoms with Crippen LogP contribution in [0.5, 0.6) is 5.75 Å². The summed E-state index contributed by atoms with van der Waals surface area (Å²) < 4.78 is 41.1. The second kappa shape index (κ2) is 11.3. The minimum absolute atomic E-state index is 0. The fraction of sp³-hybridized carbons (Fsp3) is 0.533. The Hall–Kier alpha value is -1.23. The maximum Gasteiger partial charge on any atom is 0.573 e. The molecule has 9 heteroatoms. The number of rotatable bonds is 7. The molecule has 0 saturated heterocycles. The number of aliphatic hydroxyl groups is 1. The summed E-state index contributed by atoms with van der Waals surface area (Å²) in [6, 6.07) is 5.89. The lowest BCUT2D eigenvalue weighted by atomic mass is 10.2. The molecule has 1 aromatic rings. The molecule has 24 heavy (non-hydrogen) atoms. The molecule has 0 amide bonds. The number of aliphatic hydroxyl groups excluding tert-OH is 1. The molecule has 1 unspecified atom stereocenters. The highest BCUT2D eigenvalue weighted by atomic mass is 127. The van der Waals surface area contributed by atoms with Gasteiger partial charge in [-0.1, -0.05) is 25.1 Å². The van der Waals surface area contributed by atoms with Gasteiger partial charge in [-0.15, -0.1) is 37.1 Å². The molecule has 1 aromatic carbocycles.